The number of hydrogen-bond donors (Lipinski definition) is 1. The lowest BCUT2D eigenvalue weighted by molar-refractivity contribution is 0.0480. The van der Waals surface area contributed by atoms with Gasteiger partial charge in [-0.2, -0.15) is 0 Å². The highest BCUT2D eigenvalue weighted by Gasteiger charge is 2.31. The van der Waals surface area contributed by atoms with E-state index in [-0.39, 0.29) is 36.0 Å². The van der Waals surface area contributed by atoms with Crippen LogP contribution < -0.4 is 5.32 Å². The van der Waals surface area contributed by atoms with E-state index in [0.29, 0.717) is 5.56 Å². The lowest BCUT2D eigenvalue weighted by atomic mass is 10.1. The molecule has 0 aliphatic heterocycles. The van der Waals surface area contributed by atoms with Gasteiger partial charge in [-0.25, -0.2) is 9.59 Å². The van der Waals surface area contributed by atoms with E-state index in [0.717, 1.165) is 5.56 Å². The van der Waals surface area contributed by atoms with E-state index in [1.165, 1.54) is 6.92 Å². The number of rotatable bonds is 6. The van der Waals surface area contributed by atoms with Crippen molar-refractivity contribution in [2.75, 3.05) is 18.5 Å². The third-order valence-corrected chi connectivity index (χ3v) is 3.66. The van der Waals surface area contributed by atoms with Crippen LogP contribution in [0.15, 0.2) is 28.7 Å². The van der Waals surface area contributed by atoms with Crippen molar-refractivity contribution in [3.05, 3.63) is 52.3 Å². The van der Waals surface area contributed by atoms with Gasteiger partial charge in [0, 0.05) is 5.56 Å². The number of aryl methyl sites for hydroxylation is 2. The molecule has 0 bridgehead atoms. The van der Waals surface area contributed by atoms with Crippen LogP contribution in [-0.2, 0) is 9.47 Å². The van der Waals surface area contributed by atoms with Crippen molar-refractivity contribution in [2.45, 2.75) is 27.7 Å². The molecule has 0 atom stereocenters. The summed E-state index contributed by atoms with van der Waals surface area (Å²) in [4.78, 5) is 37.1. The average Bonchev–Trinajstić information content (AvgIpc) is 2.91. The number of benzene rings is 1. The molecule has 2 rings (SSSR count). The highest BCUT2D eigenvalue weighted by atomic mass is 16.5. The van der Waals surface area contributed by atoms with Gasteiger partial charge in [0.05, 0.1) is 13.2 Å². The van der Waals surface area contributed by atoms with Crippen LogP contribution >= 0.6 is 0 Å². The summed E-state index contributed by atoms with van der Waals surface area (Å²) in [6.45, 7) is 6.84. The van der Waals surface area contributed by atoms with Crippen molar-refractivity contribution in [1.29, 1.82) is 0 Å². The average molecular weight is 359 g/mol. The second kappa shape index (κ2) is 8.33. The number of furan rings is 1. The summed E-state index contributed by atoms with van der Waals surface area (Å²) >= 11 is 0. The first-order valence-electron chi connectivity index (χ1n) is 8.25. The molecule has 7 heteroatoms. The van der Waals surface area contributed by atoms with Crippen LogP contribution in [0, 0.1) is 13.8 Å². The molecule has 1 aromatic heterocycles. The minimum Gasteiger partial charge on any atom is -0.462 e. The molecule has 138 valence electrons. The standard InChI is InChI=1S/C19H21NO6/c1-5-24-18(22)14-12(4)26-17(15(14)19(23)25-6-2)20-16(21)13-10-8-7-9-11(13)3/h7-10H,5-6H2,1-4H3,(H,20,21). The summed E-state index contributed by atoms with van der Waals surface area (Å²) < 4.78 is 15.5. The fourth-order valence-electron chi connectivity index (χ4n) is 2.48. The minimum atomic E-state index is -0.771. The monoisotopic (exact) mass is 359 g/mol. The van der Waals surface area contributed by atoms with Crippen LogP contribution in [0.25, 0.3) is 0 Å². The molecule has 7 nitrogen and oxygen atoms in total. The highest BCUT2D eigenvalue weighted by molar-refractivity contribution is 6.12. The molecule has 0 saturated heterocycles. The van der Waals surface area contributed by atoms with Crippen LogP contribution in [0.3, 0.4) is 0 Å². The van der Waals surface area contributed by atoms with Gasteiger partial charge in [-0.3, -0.25) is 10.1 Å². The van der Waals surface area contributed by atoms with E-state index < -0.39 is 17.8 Å². The van der Waals surface area contributed by atoms with E-state index in [9.17, 15) is 14.4 Å². The maximum atomic E-state index is 12.5. The predicted octanol–water partition coefficient (Wildman–Crippen LogP) is 3.50. The molecule has 0 aliphatic rings. The molecule has 0 saturated carbocycles. The SMILES string of the molecule is CCOC(=O)c1c(C)oc(NC(=O)c2ccccc2C)c1C(=O)OCC. The zero-order valence-electron chi connectivity index (χ0n) is 15.2. The Balaban J connectivity index is 2.46. The number of nitrogens with one attached hydrogen (secondary N) is 1. The van der Waals surface area contributed by atoms with Crippen molar-refractivity contribution in [2.24, 2.45) is 0 Å². The molecule has 0 spiro atoms. The largest absolute Gasteiger partial charge is 0.462 e. The smallest absolute Gasteiger partial charge is 0.344 e. The van der Waals surface area contributed by atoms with Gasteiger partial charge in [0.1, 0.15) is 16.9 Å². The maximum Gasteiger partial charge on any atom is 0.344 e. The van der Waals surface area contributed by atoms with Gasteiger partial charge >= 0.3 is 11.9 Å². The van der Waals surface area contributed by atoms with E-state index in [4.69, 9.17) is 13.9 Å². The zero-order valence-corrected chi connectivity index (χ0v) is 15.2. The Bertz CT molecular complexity index is 837. The van der Waals surface area contributed by atoms with Gasteiger partial charge < -0.3 is 13.9 Å². The van der Waals surface area contributed by atoms with E-state index in [2.05, 4.69) is 5.32 Å². The molecule has 1 amide bonds. The summed E-state index contributed by atoms with van der Waals surface area (Å²) in [5.41, 5.74) is 0.987. The van der Waals surface area contributed by atoms with Crippen molar-refractivity contribution in [1.82, 2.24) is 0 Å². The van der Waals surface area contributed by atoms with E-state index in [1.807, 2.05) is 6.07 Å². The van der Waals surface area contributed by atoms with Crippen molar-refractivity contribution in [3.8, 4) is 0 Å². The topological polar surface area (TPSA) is 94.8 Å². The minimum absolute atomic E-state index is 0.0506. The fourth-order valence-corrected chi connectivity index (χ4v) is 2.48. The van der Waals surface area contributed by atoms with E-state index in [1.54, 1.807) is 39.0 Å². The number of ether oxygens (including phenoxy) is 2. The summed E-state index contributed by atoms with van der Waals surface area (Å²) in [6.07, 6.45) is 0. The Morgan fingerprint density at radius 3 is 2.12 bits per heavy atom. The molecule has 26 heavy (non-hydrogen) atoms. The molecular formula is C19H21NO6. The molecule has 1 aromatic carbocycles. The third-order valence-electron chi connectivity index (χ3n) is 3.66. The van der Waals surface area contributed by atoms with Gasteiger partial charge in [-0.05, 0) is 39.3 Å². The first-order chi connectivity index (χ1) is 12.4. The Hall–Kier alpha value is -3.09. The Kier molecular flexibility index (Phi) is 6.16. The summed E-state index contributed by atoms with van der Waals surface area (Å²) in [7, 11) is 0. The van der Waals surface area contributed by atoms with Crippen molar-refractivity contribution >= 4 is 23.7 Å². The quantitative estimate of drug-likeness (QED) is 0.793. The Labute approximate surface area is 151 Å². The van der Waals surface area contributed by atoms with Crippen LogP contribution in [0.2, 0.25) is 0 Å². The molecule has 1 heterocycles. The first kappa shape index (κ1) is 19.2. The Morgan fingerprint density at radius 2 is 1.54 bits per heavy atom. The summed E-state index contributed by atoms with van der Waals surface area (Å²) in [6, 6.07) is 6.98. The first-order valence-corrected chi connectivity index (χ1v) is 8.25. The van der Waals surface area contributed by atoms with Crippen LogP contribution in [0.1, 0.15) is 56.2 Å². The number of carbonyl (C=O) groups is 3. The van der Waals surface area contributed by atoms with Crippen molar-refractivity contribution in [3.63, 3.8) is 0 Å². The number of anilines is 1. The second-order valence-electron chi connectivity index (χ2n) is 5.45. The lowest BCUT2D eigenvalue weighted by Crippen LogP contribution is -2.18. The molecule has 0 aliphatic carbocycles. The molecule has 2 aromatic rings. The van der Waals surface area contributed by atoms with Gasteiger partial charge in [0.25, 0.3) is 5.91 Å². The molecule has 0 fully saturated rings. The molecule has 1 N–H and O–H groups in total. The van der Waals surface area contributed by atoms with Crippen LogP contribution in [-0.4, -0.2) is 31.1 Å². The third kappa shape index (κ3) is 3.93. The van der Waals surface area contributed by atoms with E-state index >= 15 is 0 Å². The van der Waals surface area contributed by atoms with Crippen LogP contribution in [0.5, 0.6) is 0 Å². The molecular weight excluding hydrogens is 338 g/mol. The second-order valence-corrected chi connectivity index (χ2v) is 5.45. The van der Waals surface area contributed by atoms with Gasteiger partial charge in [0.15, 0.2) is 0 Å². The Morgan fingerprint density at radius 1 is 0.962 bits per heavy atom. The highest BCUT2D eigenvalue weighted by Crippen LogP contribution is 2.29. The van der Waals surface area contributed by atoms with Gasteiger partial charge in [-0.15, -0.1) is 0 Å². The zero-order chi connectivity index (χ0) is 19.3. The number of carbonyl (C=O) groups excluding carboxylic acids is 3. The van der Waals surface area contributed by atoms with Gasteiger partial charge in [0.2, 0.25) is 5.88 Å². The predicted molar refractivity (Wildman–Crippen MR) is 94.5 cm³/mol. The van der Waals surface area contributed by atoms with Crippen molar-refractivity contribution < 1.29 is 28.3 Å². The summed E-state index contributed by atoms with van der Waals surface area (Å²) in [5.74, 6) is -1.93. The molecule has 0 unspecified atom stereocenters. The lowest BCUT2D eigenvalue weighted by Gasteiger charge is -2.08. The molecule has 0 radical (unpaired) electrons. The van der Waals surface area contributed by atoms with Gasteiger partial charge in [-0.1, -0.05) is 18.2 Å². The normalized spacial score (nSPS) is 10.3. The summed E-state index contributed by atoms with van der Waals surface area (Å²) in [5, 5.41) is 2.55. The number of esters is 2. The van der Waals surface area contributed by atoms with Crippen LogP contribution in [0.4, 0.5) is 5.88 Å². The number of amides is 1. The fraction of sp³-hybridized carbons (Fsp3) is 0.316. The number of hydrogen-bond acceptors (Lipinski definition) is 6. The maximum absolute atomic E-state index is 12.5.